The third-order valence-corrected chi connectivity index (χ3v) is 2.99. The van der Waals surface area contributed by atoms with Crippen molar-refractivity contribution in [3.8, 4) is 6.07 Å². The summed E-state index contributed by atoms with van der Waals surface area (Å²) in [5.74, 6) is 0.367. The first-order chi connectivity index (χ1) is 9.95. The maximum absolute atomic E-state index is 11.9. The number of benzene rings is 1. The third kappa shape index (κ3) is 5.31. The highest BCUT2D eigenvalue weighted by molar-refractivity contribution is 5.97. The molecule has 0 radical (unpaired) electrons. The molecule has 1 aromatic carbocycles. The van der Waals surface area contributed by atoms with E-state index in [2.05, 4.69) is 24.5 Å². The van der Waals surface area contributed by atoms with Gasteiger partial charge in [-0.05, 0) is 23.5 Å². The zero-order valence-corrected chi connectivity index (χ0v) is 13.1. The molecular formula is C17H23N3O. The Hall–Kier alpha value is -2.28. The standard InChI is InChI=1S/C17H23N3O/c1-12(2)10-20-17(21)14(9-18)11-19-16-8-6-5-7-15(16)13(3)4/h5-8,11-13,19H,10H2,1-4H3,(H,20,21)/b14-11-. The van der Waals surface area contributed by atoms with E-state index in [0.717, 1.165) is 11.3 Å². The lowest BCUT2D eigenvalue weighted by atomic mass is 10.0. The molecule has 0 fully saturated rings. The Kier molecular flexibility index (Phi) is 6.48. The minimum atomic E-state index is -0.347. The molecule has 0 aromatic heterocycles. The number of rotatable bonds is 6. The number of para-hydroxylation sites is 1. The predicted octanol–water partition coefficient (Wildman–Crippen LogP) is 3.40. The molecule has 0 spiro atoms. The van der Waals surface area contributed by atoms with Crippen molar-refractivity contribution in [2.75, 3.05) is 11.9 Å². The van der Waals surface area contributed by atoms with Gasteiger partial charge in [-0.1, -0.05) is 45.9 Å². The molecule has 0 saturated heterocycles. The fourth-order valence-electron chi connectivity index (χ4n) is 1.82. The summed E-state index contributed by atoms with van der Waals surface area (Å²) >= 11 is 0. The first-order valence-corrected chi connectivity index (χ1v) is 7.19. The van der Waals surface area contributed by atoms with Gasteiger partial charge >= 0.3 is 0 Å². The molecule has 21 heavy (non-hydrogen) atoms. The summed E-state index contributed by atoms with van der Waals surface area (Å²) in [6.45, 7) is 8.77. The van der Waals surface area contributed by atoms with Gasteiger partial charge in [0.15, 0.2) is 0 Å². The monoisotopic (exact) mass is 285 g/mol. The van der Waals surface area contributed by atoms with Crippen molar-refractivity contribution in [3.05, 3.63) is 41.6 Å². The Morgan fingerprint density at radius 1 is 1.29 bits per heavy atom. The summed E-state index contributed by atoms with van der Waals surface area (Å²) in [5, 5.41) is 14.9. The van der Waals surface area contributed by atoms with E-state index in [4.69, 9.17) is 5.26 Å². The van der Waals surface area contributed by atoms with Gasteiger partial charge in [-0.3, -0.25) is 4.79 Å². The zero-order valence-electron chi connectivity index (χ0n) is 13.1. The highest BCUT2D eigenvalue weighted by Crippen LogP contribution is 2.23. The molecule has 0 aliphatic heterocycles. The predicted molar refractivity (Wildman–Crippen MR) is 85.7 cm³/mol. The second kappa shape index (κ2) is 8.11. The maximum atomic E-state index is 11.9. The highest BCUT2D eigenvalue weighted by Gasteiger charge is 2.10. The van der Waals surface area contributed by atoms with Gasteiger partial charge < -0.3 is 10.6 Å². The number of carbonyl (C=O) groups excluding carboxylic acids is 1. The van der Waals surface area contributed by atoms with E-state index >= 15 is 0 Å². The lowest BCUT2D eigenvalue weighted by Crippen LogP contribution is -2.28. The van der Waals surface area contributed by atoms with Crippen LogP contribution in [0, 0.1) is 17.2 Å². The van der Waals surface area contributed by atoms with Crippen LogP contribution in [0.25, 0.3) is 0 Å². The van der Waals surface area contributed by atoms with Crippen molar-refractivity contribution >= 4 is 11.6 Å². The minimum absolute atomic E-state index is 0.0780. The number of nitrogens with one attached hydrogen (secondary N) is 2. The van der Waals surface area contributed by atoms with E-state index in [1.54, 1.807) is 0 Å². The second-order valence-corrected chi connectivity index (χ2v) is 5.66. The van der Waals surface area contributed by atoms with Gasteiger partial charge in [0.2, 0.25) is 0 Å². The molecule has 1 rings (SSSR count). The first kappa shape index (κ1) is 16.8. The van der Waals surface area contributed by atoms with Gasteiger partial charge in [0.05, 0.1) is 0 Å². The van der Waals surface area contributed by atoms with Gasteiger partial charge in [-0.2, -0.15) is 5.26 Å². The largest absolute Gasteiger partial charge is 0.360 e. The van der Waals surface area contributed by atoms with Crippen LogP contribution in [0.5, 0.6) is 0 Å². The van der Waals surface area contributed by atoms with E-state index < -0.39 is 0 Å². The SMILES string of the molecule is CC(C)CNC(=O)/C(C#N)=C\Nc1ccccc1C(C)C. The smallest absolute Gasteiger partial charge is 0.263 e. The zero-order chi connectivity index (χ0) is 15.8. The fourth-order valence-corrected chi connectivity index (χ4v) is 1.82. The summed E-state index contributed by atoms with van der Waals surface area (Å²) < 4.78 is 0. The van der Waals surface area contributed by atoms with Crippen LogP contribution in [0.3, 0.4) is 0 Å². The Balaban J connectivity index is 2.82. The molecule has 2 N–H and O–H groups in total. The molecule has 1 amide bonds. The number of nitriles is 1. The minimum Gasteiger partial charge on any atom is -0.360 e. The molecule has 4 nitrogen and oxygen atoms in total. The average molecular weight is 285 g/mol. The number of hydrogen-bond acceptors (Lipinski definition) is 3. The van der Waals surface area contributed by atoms with Crippen LogP contribution in [0.4, 0.5) is 5.69 Å². The molecule has 0 heterocycles. The van der Waals surface area contributed by atoms with Crippen molar-refractivity contribution in [3.63, 3.8) is 0 Å². The highest BCUT2D eigenvalue weighted by atomic mass is 16.1. The molecule has 0 bridgehead atoms. The van der Waals surface area contributed by atoms with Crippen LogP contribution in [0.1, 0.15) is 39.2 Å². The third-order valence-electron chi connectivity index (χ3n) is 2.99. The summed E-state index contributed by atoms with van der Waals surface area (Å²) in [7, 11) is 0. The quantitative estimate of drug-likeness (QED) is 0.622. The average Bonchev–Trinajstić information content (AvgIpc) is 2.45. The Morgan fingerprint density at radius 3 is 2.52 bits per heavy atom. The van der Waals surface area contributed by atoms with E-state index in [1.807, 2.05) is 44.2 Å². The molecule has 1 aromatic rings. The number of nitrogens with zero attached hydrogens (tertiary/aromatic N) is 1. The van der Waals surface area contributed by atoms with Gasteiger partial charge in [0, 0.05) is 18.4 Å². The van der Waals surface area contributed by atoms with Crippen LogP contribution < -0.4 is 10.6 Å². The molecule has 112 valence electrons. The maximum Gasteiger partial charge on any atom is 0.263 e. The lowest BCUT2D eigenvalue weighted by molar-refractivity contribution is -0.117. The normalized spacial score (nSPS) is 11.4. The second-order valence-electron chi connectivity index (χ2n) is 5.66. The lowest BCUT2D eigenvalue weighted by Gasteiger charge is -2.12. The molecular weight excluding hydrogens is 262 g/mol. The van der Waals surface area contributed by atoms with Gasteiger partial charge in [-0.25, -0.2) is 0 Å². The van der Waals surface area contributed by atoms with E-state index in [1.165, 1.54) is 6.20 Å². The first-order valence-electron chi connectivity index (χ1n) is 7.19. The van der Waals surface area contributed by atoms with E-state index in [0.29, 0.717) is 18.4 Å². The van der Waals surface area contributed by atoms with E-state index in [9.17, 15) is 4.79 Å². The van der Waals surface area contributed by atoms with Crippen molar-refractivity contribution < 1.29 is 4.79 Å². The summed E-state index contributed by atoms with van der Waals surface area (Å²) in [6, 6.07) is 9.80. The molecule has 0 atom stereocenters. The van der Waals surface area contributed by atoms with Crippen molar-refractivity contribution in [1.29, 1.82) is 5.26 Å². The molecule has 0 aliphatic rings. The number of amides is 1. The van der Waals surface area contributed by atoms with Crippen LogP contribution in [-0.2, 0) is 4.79 Å². The van der Waals surface area contributed by atoms with Crippen molar-refractivity contribution in [1.82, 2.24) is 5.32 Å². The van der Waals surface area contributed by atoms with Gasteiger partial charge in [0.1, 0.15) is 11.6 Å². The van der Waals surface area contributed by atoms with E-state index in [-0.39, 0.29) is 11.5 Å². The Bertz CT molecular complexity index is 553. The molecule has 0 aliphatic carbocycles. The topological polar surface area (TPSA) is 64.9 Å². The summed E-state index contributed by atoms with van der Waals surface area (Å²) in [5.41, 5.74) is 2.14. The molecule has 0 unspecified atom stereocenters. The fraction of sp³-hybridized carbons (Fsp3) is 0.412. The van der Waals surface area contributed by atoms with Crippen molar-refractivity contribution in [2.24, 2.45) is 5.92 Å². The van der Waals surface area contributed by atoms with Gasteiger partial charge in [-0.15, -0.1) is 0 Å². The Morgan fingerprint density at radius 2 is 1.95 bits per heavy atom. The van der Waals surface area contributed by atoms with Crippen LogP contribution in [-0.4, -0.2) is 12.5 Å². The summed E-state index contributed by atoms with van der Waals surface area (Å²) in [6.07, 6.45) is 1.47. The molecule has 0 saturated carbocycles. The number of carbonyl (C=O) groups is 1. The van der Waals surface area contributed by atoms with Crippen LogP contribution >= 0.6 is 0 Å². The van der Waals surface area contributed by atoms with Crippen molar-refractivity contribution in [2.45, 2.75) is 33.6 Å². The van der Waals surface area contributed by atoms with Gasteiger partial charge in [0.25, 0.3) is 5.91 Å². The Labute approximate surface area is 126 Å². The number of anilines is 1. The molecule has 4 heteroatoms. The van der Waals surface area contributed by atoms with Crippen LogP contribution in [0.2, 0.25) is 0 Å². The summed E-state index contributed by atoms with van der Waals surface area (Å²) in [4.78, 5) is 11.9. The number of hydrogen-bond donors (Lipinski definition) is 2. The van der Waals surface area contributed by atoms with Crippen LogP contribution in [0.15, 0.2) is 36.0 Å².